The van der Waals surface area contributed by atoms with E-state index in [-0.39, 0.29) is 0 Å². The summed E-state index contributed by atoms with van der Waals surface area (Å²) in [7, 11) is 0. The van der Waals surface area contributed by atoms with Gasteiger partial charge in [0.2, 0.25) is 0 Å². The standard InChI is InChI=1S/C46H32N2/c1-4-12-37(13-5-1)47(38-14-6-2-7-15-38)40-28-23-34(24-29-40)20-19-33-21-25-35(26-22-33)41-31-32-44-46-42(41)30-27-36-11-10-18-43(45(36)46)48(44)39-16-8-3-9-17-39/h1-32H. The topological polar surface area (TPSA) is 8.17 Å². The minimum atomic E-state index is 1.13. The fourth-order valence-corrected chi connectivity index (χ4v) is 7.10. The van der Waals surface area contributed by atoms with Gasteiger partial charge in [-0.2, -0.15) is 0 Å². The molecule has 0 aliphatic heterocycles. The van der Waals surface area contributed by atoms with Crippen LogP contribution in [0.2, 0.25) is 0 Å². The summed E-state index contributed by atoms with van der Waals surface area (Å²) in [5.74, 6) is 0. The second-order valence-corrected chi connectivity index (χ2v) is 12.2. The van der Waals surface area contributed by atoms with Crippen molar-refractivity contribution in [2.45, 2.75) is 0 Å². The van der Waals surface area contributed by atoms with E-state index in [0.29, 0.717) is 0 Å². The van der Waals surface area contributed by atoms with Gasteiger partial charge in [-0.05, 0) is 93.7 Å². The summed E-state index contributed by atoms with van der Waals surface area (Å²) in [6, 6.07) is 65.2. The van der Waals surface area contributed by atoms with Crippen LogP contribution in [0.15, 0.2) is 182 Å². The Balaban J connectivity index is 1.02. The monoisotopic (exact) mass is 612 g/mol. The average molecular weight is 613 g/mol. The Kier molecular flexibility index (Phi) is 6.84. The molecule has 1 aromatic heterocycles. The van der Waals surface area contributed by atoms with Crippen molar-refractivity contribution in [2.24, 2.45) is 0 Å². The zero-order chi connectivity index (χ0) is 31.9. The molecule has 0 aliphatic rings. The van der Waals surface area contributed by atoms with Crippen molar-refractivity contribution in [3.63, 3.8) is 0 Å². The number of hydrogen-bond donors (Lipinski definition) is 0. The minimum absolute atomic E-state index is 1.13. The molecule has 0 fully saturated rings. The van der Waals surface area contributed by atoms with Crippen molar-refractivity contribution in [2.75, 3.05) is 4.90 Å². The summed E-state index contributed by atoms with van der Waals surface area (Å²) >= 11 is 0. The predicted octanol–water partition coefficient (Wildman–Crippen LogP) is 12.7. The van der Waals surface area contributed by atoms with Gasteiger partial charge < -0.3 is 9.47 Å². The van der Waals surface area contributed by atoms with Gasteiger partial charge in [-0.3, -0.25) is 0 Å². The molecule has 9 aromatic rings. The largest absolute Gasteiger partial charge is 0.311 e. The van der Waals surface area contributed by atoms with Gasteiger partial charge in [0, 0.05) is 33.5 Å². The molecule has 226 valence electrons. The van der Waals surface area contributed by atoms with Crippen LogP contribution in [0.3, 0.4) is 0 Å². The van der Waals surface area contributed by atoms with Gasteiger partial charge in [0.15, 0.2) is 0 Å². The van der Waals surface area contributed by atoms with E-state index in [1.54, 1.807) is 0 Å². The molecule has 8 aromatic carbocycles. The maximum absolute atomic E-state index is 2.40. The molecule has 0 spiro atoms. The molecular weight excluding hydrogens is 581 g/mol. The highest BCUT2D eigenvalue weighted by Crippen LogP contribution is 2.42. The lowest BCUT2D eigenvalue weighted by Crippen LogP contribution is -2.09. The Morgan fingerprint density at radius 3 is 1.60 bits per heavy atom. The van der Waals surface area contributed by atoms with Crippen molar-refractivity contribution in [3.8, 4) is 16.8 Å². The third-order valence-corrected chi connectivity index (χ3v) is 9.34. The van der Waals surface area contributed by atoms with Crippen molar-refractivity contribution in [3.05, 3.63) is 193 Å². The molecule has 0 unspecified atom stereocenters. The van der Waals surface area contributed by atoms with Gasteiger partial charge in [-0.25, -0.2) is 0 Å². The summed E-state index contributed by atoms with van der Waals surface area (Å²) in [6.45, 7) is 0. The van der Waals surface area contributed by atoms with Crippen LogP contribution in [-0.4, -0.2) is 4.57 Å². The average Bonchev–Trinajstić information content (AvgIpc) is 3.51. The Hall–Kier alpha value is -6.38. The molecule has 0 bridgehead atoms. The van der Waals surface area contributed by atoms with Gasteiger partial charge in [-0.1, -0.05) is 133 Å². The lowest BCUT2D eigenvalue weighted by atomic mass is 9.94. The van der Waals surface area contributed by atoms with Gasteiger partial charge in [0.25, 0.3) is 0 Å². The van der Waals surface area contributed by atoms with E-state index >= 15 is 0 Å². The first-order chi connectivity index (χ1) is 23.8. The van der Waals surface area contributed by atoms with Gasteiger partial charge in [0.1, 0.15) is 0 Å². The molecule has 2 nitrogen and oxygen atoms in total. The van der Waals surface area contributed by atoms with E-state index in [0.717, 1.165) is 22.6 Å². The number of rotatable bonds is 7. The highest BCUT2D eigenvalue weighted by atomic mass is 15.1. The van der Waals surface area contributed by atoms with E-state index in [9.17, 15) is 0 Å². The molecule has 0 atom stereocenters. The second kappa shape index (κ2) is 11.8. The lowest BCUT2D eigenvalue weighted by molar-refractivity contribution is 1.18. The van der Waals surface area contributed by atoms with Crippen LogP contribution in [0, 0.1) is 0 Å². The third-order valence-electron chi connectivity index (χ3n) is 9.34. The van der Waals surface area contributed by atoms with Crippen molar-refractivity contribution >= 4 is 61.8 Å². The summed E-state index contributed by atoms with van der Waals surface area (Å²) in [4.78, 5) is 2.28. The Morgan fingerprint density at radius 1 is 0.396 bits per heavy atom. The van der Waals surface area contributed by atoms with E-state index in [4.69, 9.17) is 0 Å². The molecule has 48 heavy (non-hydrogen) atoms. The summed E-state index contributed by atoms with van der Waals surface area (Å²) in [5, 5.41) is 5.22. The number of para-hydroxylation sites is 3. The van der Waals surface area contributed by atoms with Gasteiger partial charge >= 0.3 is 0 Å². The number of benzene rings is 8. The van der Waals surface area contributed by atoms with Crippen molar-refractivity contribution in [1.29, 1.82) is 0 Å². The van der Waals surface area contributed by atoms with E-state index < -0.39 is 0 Å². The zero-order valence-corrected chi connectivity index (χ0v) is 26.4. The van der Waals surface area contributed by atoms with Crippen molar-refractivity contribution in [1.82, 2.24) is 4.57 Å². The maximum Gasteiger partial charge on any atom is 0.0547 e. The molecule has 0 saturated heterocycles. The Morgan fingerprint density at radius 2 is 0.958 bits per heavy atom. The SMILES string of the molecule is C(=Cc1ccc(N(c2ccccc2)c2ccccc2)cc1)c1ccc(-c2ccc3c4c2ccc2cccc(c24)n3-c2ccccc2)cc1. The summed E-state index contributed by atoms with van der Waals surface area (Å²) in [6.07, 6.45) is 4.38. The first-order valence-corrected chi connectivity index (χ1v) is 16.4. The Bertz CT molecular complexity index is 2470. The first-order valence-electron chi connectivity index (χ1n) is 16.4. The smallest absolute Gasteiger partial charge is 0.0547 e. The van der Waals surface area contributed by atoms with Crippen LogP contribution in [-0.2, 0) is 0 Å². The van der Waals surface area contributed by atoms with E-state index in [1.165, 1.54) is 55.0 Å². The fraction of sp³-hybridized carbons (Fsp3) is 0. The van der Waals surface area contributed by atoms with Crippen LogP contribution < -0.4 is 4.90 Å². The molecule has 0 saturated carbocycles. The number of hydrogen-bond acceptors (Lipinski definition) is 1. The van der Waals surface area contributed by atoms with Crippen molar-refractivity contribution < 1.29 is 0 Å². The highest BCUT2D eigenvalue weighted by molar-refractivity contribution is 6.26. The number of aromatic nitrogens is 1. The molecule has 1 heterocycles. The van der Waals surface area contributed by atoms with Crippen LogP contribution in [0.5, 0.6) is 0 Å². The molecule has 9 rings (SSSR count). The summed E-state index contributed by atoms with van der Waals surface area (Å²) < 4.78 is 2.40. The van der Waals surface area contributed by atoms with Crippen LogP contribution in [0.1, 0.15) is 11.1 Å². The summed E-state index contributed by atoms with van der Waals surface area (Å²) in [5.41, 5.74) is 11.9. The van der Waals surface area contributed by atoms with Gasteiger partial charge in [0.05, 0.1) is 11.0 Å². The third kappa shape index (κ3) is 4.83. The molecule has 0 radical (unpaired) electrons. The molecule has 0 amide bonds. The zero-order valence-electron chi connectivity index (χ0n) is 26.4. The molecule has 2 heteroatoms. The van der Waals surface area contributed by atoms with Gasteiger partial charge in [-0.15, -0.1) is 0 Å². The maximum atomic E-state index is 2.40. The Labute approximate surface area is 280 Å². The number of nitrogens with zero attached hydrogens (tertiary/aromatic N) is 2. The van der Waals surface area contributed by atoms with E-state index in [1.807, 2.05) is 0 Å². The fourth-order valence-electron chi connectivity index (χ4n) is 7.10. The van der Waals surface area contributed by atoms with Crippen LogP contribution >= 0.6 is 0 Å². The normalized spacial score (nSPS) is 11.7. The highest BCUT2D eigenvalue weighted by Gasteiger charge is 2.18. The quantitative estimate of drug-likeness (QED) is 0.128. The lowest BCUT2D eigenvalue weighted by Gasteiger charge is -2.25. The minimum Gasteiger partial charge on any atom is -0.311 e. The van der Waals surface area contributed by atoms with Crippen LogP contribution in [0.25, 0.3) is 61.5 Å². The predicted molar refractivity (Wildman–Crippen MR) is 205 cm³/mol. The molecule has 0 aliphatic carbocycles. The first kappa shape index (κ1) is 27.9. The second-order valence-electron chi connectivity index (χ2n) is 12.2. The number of anilines is 3. The molecule has 0 N–H and O–H groups in total. The van der Waals surface area contributed by atoms with Crippen LogP contribution in [0.4, 0.5) is 17.1 Å². The van der Waals surface area contributed by atoms with E-state index in [2.05, 4.69) is 204 Å². The molecular formula is C46H32N2.